The molecule has 0 saturated heterocycles. The molecule has 1 N–H and O–H groups in total. The summed E-state index contributed by atoms with van der Waals surface area (Å²) in [5, 5.41) is 3.57. The van der Waals surface area contributed by atoms with Crippen molar-refractivity contribution in [2.75, 3.05) is 6.54 Å². The van der Waals surface area contributed by atoms with Crippen LogP contribution in [0.3, 0.4) is 0 Å². The lowest BCUT2D eigenvalue weighted by atomic mass is 9.82. The van der Waals surface area contributed by atoms with Crippen molar-refractivity contribution in [3.05, 3.63) is 34.6 Å². The van der Waals surface area contributed by atoms with Gasteiger partial charge < -0.3 is 5.32 Å². The number of hydrogen-bond acceptors (Lipinski definition) is 1. The molecule has 0 spiro atoms. The van der Waals surface area contributed by atoms with Gasteiger partial charge in [0, 0.05) is 12.1 Å². The summed E-state index contributed by atoms with van der Waals surface area (Å²) in [6.07, 6.45) is 5.29. The highest BCUT2D eigenvalue weighted by atomic mass is 35.5. The molecule has 2 rings (SSSR count). The first-order chi connectivity index (χ1) is 8.66. The van der Waals surface area contributed by atoms with Crippen LogP contribution in [0.1, 0.15) is 38.2 Å². The molecule has 0 radical (unpaired) electrons. The minimum absolute atomic E-state index is 0.209. The van der Waals surface area contributed by atoms with Gasteiger partial charge in [0.25, 0.3) is 0 Å². The van der Waals surface area contributed by atoms with E-state index in [0.717, 1.165) is 18.4 Å². The molecule has 0 aliphatic heterocycles. The molecule has 1 aromatic rings. The molecule has 0 amide bonds. The highest BCUT2D eigenvalue weighted by Gasteiger charge is 2.18. The van der Waals surface area contributed by atoms with Gasteiger partial charge in [-0.2, -0.15) is 0 Å². The quantitative estimate of drug-likeness (QED) is 0.855. The Kier molecular flexibility index (Phi) is 5.02. The van der Waals surface area contributed by atoms with Crippen molar-refractivity contribution in [3.63, 3.8) is 0 Å². The van der Waals surface area contributed by atoms with Crippen LogP contribution in [0.4, 0.5) is 4.39 Å². The number of halogens is 2. The predicted molar refractivity (Wildman–Crippen MR) is 74.2 cm³/mol. The summed E-state index contributed by atoms with van der Waals surface area (Å²) in [7, 11) is 0. The normalized spacial score (nSPS) is 24.2. The van der Waals surface area contributed by atoms with Gasteiger partial charge in [0.1, 0.15) is 5.82 Å². The van der Waals surface area contributed by atoms with Crippen LogP contribution in [0.2, 0.25) is 5.02 Å². The van der Waals surface area contributed by atoms with E-state index in [1.807, 2.05) is 0 Å². The molecule has 1 aliphatic carbocycles. The summed E-state index contributed by atoms with van der Waals surface area (Å²) >= 11 is 5.76. The molecule has 0 heterocycles. The second-order valence-corrected chi connectivity index (χ2v) is 5.89. The van der Waals surface area contributed by atoms with Gasteiger partial charge in [-0.05, 0) is 37.3 Å². The van der Waals surface area contributed by atoms with Crippen molar-refractivity contribution < 1.29 is 4.39 Å². The molecule has 100 valence electrons. The molecule has 18 heavy (non-hydrogen) atoms. The average molecular weight is 270 g/mol. The van der Waals surface area contributed by atoms with Gasteiger partial charge in [-0.25, -0.2) is 4.39 Å². The van der Waals surface area contributed by atoms with Crippen LogP contribution in [-0.2, 0) is 6.54 Å². The van der Waals surface area contributed by atoms with Crippen LogP contribution < -0.4 is 5.32 Å². The van der Waals surface area contributed by atoms with E-state index in [-0.39, 0.29) is 10.8 Å². The fraction of sp³-hybridized carbons (Fsp3) is 0.600. The van der Waals surface area contributed by atoms with Gasteiger partial charge in [0.2, 0.25) is 0 Å². The molecular weight excluding hydrogens is 249 g/mol. The van der Waals surface area contributed by atoms with E-state index in [1.54, 1.807) is 18.2 Å². The van der Waals surface area contributed by atoms with Crippen LogP contribution in [0.25, 0.3) is 0 Å². The minimum atomic E-state index is -0.288. The standard InChI is InChI=1S/C15H21ClFN/c1-11-4-2-5-12(8-11)9-18-10-13-6-3-7-14(16)15(13)17/h3,6-7,11-12,18H,2,4-5,8-10H2,1H3. The van der Waals surface area contributed by atoms with E-state index in [4.69, 9.17) is 11.6 Å². The summed E-state index contributed by atoms with van der Waals surface area (Å²) in [6.45, 7) is 3.87. The molecule has 1 saturated carbocycles. The summed E-state index contributed by atoms with van der Waals surface area (Å²) in [5.74, 6) is 1.30. The maximum Gasteiger partial charge on any atom is 0.146 e. The fourth-order valence-corrected chi connectivity index (χ4v) is 3.04. The Morgan fingerprint density at radius 2 is 2.22 bits per heavy atom. The molecule has 0 aromatic heterocycles. The van der Waals surface area contributed by atoms with E-state index in [9.17, 15) is 4.39 Å². The van der Waals surface area contributed by atoms with Crippen molar-refractivity contribution in [2.45, 2.75) is 39.2 Å². The summed E-state index contributed by atoms with van der Waals surface area (Å²) < 4.78 is 13.7. The van der Waals surface area contributed by atoms with Crippen LogP contribution in [0.5, 0.6) is 0 Å². The maximum absolute atomic E-state index is 13.7. The second-order valence-electron chi connectivity index (χ2n) is 5.48. The van der Waals surface area contributed by atoms with Crippen LogP contribution >= 0.6 is 11.6 Å². The lowest BCUT2D eigenvalue weighted by Crippen LogP contribution is -2.26. The van der Waals surface area contributed by atoms with Gasteiger partial charge in [-0.1, -0.05) is 43.5 Å². The van der Waals surface area contributed by atoms with Gasteiger partial charge in [0.15, 0.2) is 0 Å². The van der Waals surface area contributed by atoms with Crippen LogP contribution in [-0.4, -0.2) is 6.54 Å². The first-order valence-electron chi connectivity index (χ1n) is 6.80. The third-order valence-corrected chi connectivity index (χ3v) is 4.12. The van der Waals surface area contributed by atoms with Crippen LogP contribution in [0.15, 0.2) is 18.2 Å². The van der Waals surface area contributed by atoms with E-state index >= 15 is 0 Å². The van der Waals surface area contributed by atoms with Crippen molar-refractivity contribution in [1.82, 2.24) is 5.32 Å². The minimum Gasteiger partial charge on any atom is -0.312 e. The largest absolute Gasteiger partial charge is 0.312 e. The first-order valence-corrected chi connectivity index (χ1v) is 7.18. The Hall–Kier alpha value is -0.600. The Labute approximate surface area is 114 Å². The topological polar surface area (TPSA) is 12.0 Å². The molecule has 1 aliphatic rings. The maximum atomic E-state index is 13.7. The lowest BCUT2D eigenvalue weighted by Gasteiger charge is -2.26. The molecule has 2 atom stereocenters. The van der Waals surface area contributed by atoms with Crippen molar-refractivity contribution >= 4 is 11.6 Å². The Morgan fingerprint density at radius 1 is 1.39 bits per heavy atom. The molecule has 3 heteroatoms. The Bertz CT molecular complexity index is 394. The highest BCUT2D eigenvalue weighted by Crippen LogP contribution is 2.28. The van der Waals surface area contributed by atoms with Gasteiger partial charge in [-0.3, -0.25) is 0 Å². The van der Waals surface area contributed by atoms with Gasteiger partial charge >= 0.3 is 0 Å². The van der Waals surface area contributed by atoms with E-state index in [2.05, 4.69) is 12.2 Å². The molecular formula is C15H21ClFN. The molecule has 2 unspecified atom stereocenters. The molecule has 1 aromatic carbocycles. The zero-order valence-electron chi connectivity index (χ0n) is 10.9. The number of benzene rings is 1. The monoisotopic (exact) mass is 269 g/mol. The average Bonchev–Trinajstić information content (AvgIpc) is 2.35. The van der Waals surface area contributed by atoms with Crippen molar-refractivity contribution in [2.24, 2.45) is 11.8 Å². The van der Waals surface area contributed by atoms with Crippen LogP contribution in [0, 0.1) is 17.7 Å². The SMILES string of the molecule is CC1CCCC(CNCc2cccc(Cl)c2F)C1. The fourth-order valence-electron chi connectivity index (χ4n) is 2.84. The van der Waals surface area contributed by atoms with Gasteiger partial charge in [0.05, 0.1) is 5.02 Å². The molecule has 1 nitrogen and oxygen atoms in total. The third-order valence-electron chi connectivity index (χ3n) is 3.83. The molecule has 1 fully saturated rings. The molecule has 0 bridgehead atoms. The Morgan fingerprint density at radius 3 is 3.00 bits per heavy atom. The number of rotatable bonds is 4. The van der Waals surface area contributed by atoms with Gasteiger partial charge in [-0.15, -0.1) is 0 Å². The Balaban J connectivity index is 1.79. The zero-order valence-corrected chi connectivity index (χ0v) is 11.6. The second kappa shape index (κ2) is 6.53. The number of nitrogens with one attached hydrogen (secondary N) is 1. The van der Waals surface area contributed by atoms with Crippen molar-refractivity contribution in [1.29, 1.82) is 0 Å². The predicted octanol–water partition coefficient (Wildman–Crippen LogP) is 4.40. The smallest absolute Gasteiger partial charge is 0.146 e. The zero-order chi connectivity index (χ0) is 13.0. The first kappa shape index (κ1) is 13.8. The summed E-state index contributed by atoms with van der Waals surface area (Å²) in [4.78, 5) is 0. The summed E-state index contributed by atoms with van der Waals surface area (Å²) in [5.41, 5.74) is 0.659. The highest BCUT2D eigenvalue weighted by molar-refractivity contribution is 6.30. The number of hydrogen-bond donors (Lipinski definition) is 1. The van der Waals surface area contributed by atoms with E-state index in [1.165, 1.54) is 25.7 Å². The summed E-state index contributed by atoms with van der Waals surface area (Å²) in [6, 6.07) is 5.17. The lowest BCUT2D eigenvalue weighted by molar-refractivity contribution is 0.274. The van der Waals surface area contributed by atoms with E-state index < -0.39 is 0 Å². The van der Waals surface area contributed by atoms with E-state index in [0.29, 0.717) is 12.1 Å². The third kappa shape index (κ3) is 3.69. The van der Waals surface area contributed by atoms with Crippen molar-refractivity contribution in [3.8, 4) is 0 Å².